The van der Waals surface area contributed by atoms with Gasteiger partial charge in [-0.15, -0.1) is 0 Å². The topological polar surface area (TPSA) is 75.1 Å². The number of rotatable bonds is 2. The predicted octanol–water partition coefficient (Wildman–Crippen LogP) is 2.45. The van der Waals surface area contributed by atoms with Crippen LogP contribution in [0, 0.1) is 6.92 Å². The maximum Gasteiger partial charge on any atom is 0.249 e. The molecule has 5 nitrogen and oxygen atoms in total. The number of benzene rings is 1. The molecular formula is C9H9N3O2. The molecule has 14 heavy (non-hydrogen) atoms. The molecule has 0 atom stereocenters. The number of hydrogen-bond acceptors (Lipinski definition) is 2. The predicted molar refractivity (Wildman–Crippen MR) is 51.2 cm³/mol. The fourth-order valence-corrected chi connectivity index (χ4v) is 1.16. The van der Waals surface area contributed by atoms with E-state index in [4.69, 9.17) is 10.3 Å². The molecule has 0 spiro atoms. The molecule has 0 radical (unpaired) electrons. The summed E-state index contributed by atoms with van der Waals surface area (Å²) >= 11 is 0. The molecule has 1 amide bonds. The molecule has 0 aromatic heterocycles. The maximum atomic E-state index is 11.3. The van der Waals surface area contributed by atoms with Gasteiger partial charge in [-0.2, -0.15) is 0 Å². The van der Waals surface area contributed by atoms with Gasteiger partial charge in [0.15, 0.2) is 0 Å². The number of ether oxygens (including phenoxy) is 1. The van der Waals surface area contributed by atoms with Crippen LogP contribution in [0.3, 0.4) is 0 Å². The van der Waals surface area contributed by atoms with Crippen LogP contribution in [0.4, 0.5) is 0 Å². The highest BCUT2D eigenvalue weighted by Gasteiger charge is 2.09. The van der Waals surface area contributed by atoms with Crippen molar-refractivity contribution in [2.75, 3.05) is 7.11 Å². The van der Waals surface area contributed by atoms with Gasteiger partial charge in [-0.25, -0.2) is 0 Å². The van der Waals surface area contributed by atoms with Crippen molar-refractivity contribution in [1.82, 2.24) is 0 Å². The van der Waals surface area contributed by atoms with Crippen LogP contribution in [-0.2, 0) is 0 Å². The van der Waals surface area contributed by atoms with E-state index in [1.165, 1.54) is 7.11 Å². The van der Waals surface area contributed by atoms with E-state index >= 15 is 0 Å². The number of carbonyl (C=O) groups is 1. The van der Waals surface area contributed by atoms with Crippen molar-refractivity contribution in [3.63, 3.8) is 0 Å². The van der Waals surface area contributed by atoms with Crippen LogP contribution in [0.15, 0.2) is 23.3 Å². The fourth-order valence-electron chi connectivity index (χ4n) is 1.16. The summed E-state index contributed by atoms with van der Waals surface area (Å²) in [6.45, 7) is 1.74. The van der Waals surface area contributed by atoms with Crippen molar-refractivity contribution in [1.29, 1.82) is 0 Å². The normalized spacial score (nSPS) is 9.00. The van der Waals surface area contributed by atoms with Crippen LogP contribution in [0.25, 0.3) is 10.4 Å². The molecule has 1 aromatic rings. The molecule has 0 N–H and O–H groups in total. The summed E-state index contributed by atoms with van der Waals surface area (Å²) in [7, 11) is 1.52. The largest absolute Gasteiger partial charge is 0.496 e. The van der Waals surface area contributed by atoms with Crippen LogP contribution >= 0.6 is 0 Å². The number of hydrogen-bond donors (Lipinski definition) is 0. The van der Waals surface area contributed by atoms with Crippen LogP contribution in [0.2, 0.25) is 0 Å². The Kier molecular flexibility index (Phi) is 3.09. The van der Waals surface area contributed by atoms with Crippen LogP contribution < -0.4 is 4.74 Å². The molecule has 0 aliphatic heterocycles. The highest BCUT2D eigenvalue weighted by molar-refractivity contribution is 5.96. The number of amides is 1. The first-order valence-corrected chi connectivity index (χ1v) is 3.93. The standard InChI is InChI=1S/C9H9N3O2/c1-6-7(9(13)11-12-10)4-3-5-8(6)14-2/h3-5H,1-2H3. The van der Waals surface area contributed by atoms with Gasteiger partial charge in [0.05, 0.1) is 7.11 Å². The molecule has 0 heterocycles. The van der Waals surface area contributed by atoms with Gasteiger partial charge in [-0.05, 0) is 23.6 Å². The van der Waals surface area contributed by atoms with Gasteiger partial charge in [0.2, 0.25) is 5.91 Å². The van der Waals surface area contributed by atoms with E-state index in [2.05, 4.69) is 10.0 Å². The molecule has 1 aromatic carbocycles. The van der Waals surface area contributed by atoms with E-state index in [-0.39, 0.29) is 0 Å². The number of azide groups is 1. The zero-order valence-electron chi connectivity index (χ0n) is 7.89. The molecule has 0 saturated heterocycles. The summed E-state index contributed by atoms with van der Waals surface area (Å²) in [5, 5.41) is 3.02. The van der Waals surface area contributed by atoms with Crippen molar-refractivity contribution in [3.8, 4) is 5.75 Å². The van der Waals surface area contributed by atoms with E-state index in [9.17, 15) is 4.79 Å². The third kappa shape index (κ3) is 1.84. The molecule has 0 aliphatic carbocycles. The Hall–Kier alpha value is -2.00. The lowest BCUT2D eigenvalue weighted by atomic mass is 10.1. The number of carbonyl (C=O) groups excluding carboxylic acids is 1. The maximum absolute atomic E-state index is 11.3. The second kappa shape index (κ2) is 4.30. The van der Waals surface area contributed by atoms with Crippen molar-refractivity contribution >= 4 is 5.91 Å². The van der Waals surface area contributed by atoms with Crippen LogP contribution in [-0.4, -0.2) is 13.0 Å². The van der Waals surface area contributed by atoms with E-state index in [1.807, 2.05) is 0 Å². The molecule has 0 bridgehead atoms. The van der Waals surface area contributed by atoms with E-state index < -0.39 is 5.91 Å². The van der Waals surface area contributed by atoms with Crippen molar-refractivity contribution in [2.45, 2.75) is 6.92 Å². The minimum absolute atomic E-state index is 0.363. The fraction of sp³-hybridized carbons (Fsp3) is 0.222. The van der Waals surface area contributed by atoms with Gasteiger partial charge >= 0.3 is 0 Å². The Balaban J connectivity index is 3.22. The minimum Gasteiger partial charge on any atom is -0.496 e. The molecule has 1 rings (SSSR count). The first-order valence-electron chi connectivity index (χ1n) is 3.93. The summed E-state index contributed by atoms with van der Waals surface area (Å²) in [5.74, 6) is 0.00731. The zero-order valence-corrected chi connectivity index (χ0v) is 7.89. The van der Waals surface area contributed by atoms with Crippen LogP contribution in [0.1, 0.15) is 15.9 Å². The van der Waals surface area contributed by atoms with Gasteiger partial charge < -0.3 is 4.74 Å². The average Bonchev–Trinajstić information content (AvgIpc) is 2.18. The number of methoxy groups -OCH3 is 1. The van der Waals surface area contributed by atoms with E-state index in [0.717, 1.165) is 0 Å². The van der Waals surface area contributed by atoms with Crippen LogP contribution in [0.5, 0.6) is 5.75 Å². The second-order valence-electron chi connectivity index (χ2n) is 2.63. The summed E-state index contributed by atoms with van der Waals surface area (Å²) in [4.78, 5) is 13.7. The SMILES string of the molecule is COc1cccc(C(=O)N=[N+]=[N-])c1C. The number of nitrogens with zero attached hydrogens (tertiary/aromatic N) is 3. The molecule has 72 valence electrons. The van der Waals surface area contributed by atoms with E-state index in [1.54, 1.807) is 25.1 Å². The van der Waals surface area contributed by atoms with Gasteiger partial charge in [0.25, 0.3) is 0 Å². The Morgan fingerprint density at radius 3 is 2.86 bits per heavy atom. The third-order valence-corrected chi connectivity index (χ3v) is 1.87. The second-order valence-corrected chi connectivity index (χ2v) is 2.63. The molecule has 5 heteroatoms. The first kappa shape index (κ1) is 10.1. The lowest BCUT2D eigenvalue weighted by Gasteiger charge is -2.06. The highest BCUT2D eigenvalue weighted by Crippen LogP contribution is 2.21. The quantitative estimate of drug-likeness (QED) is 0.409. The summed E-state index contributed by atoms with van der Waals surface area (Å²) in [5.41, 5.74) is 9.16. The highest BCUT2D eigenvalue weighted by atomic mass is 16.5. The Morgan fingerprint density at radius 1 is 1.57 bits per heavy atom. The Labute approximate surface area is 80.9 Å². The molecular weight excluding hydrogens is 182 g/mol. The van der Waals surface area contributed by atoms with E-state index in [0.29, 0.717) is 16.9 Å². The summed E-state index contributed by atoms with van der Waals surface area (Å²) < 4.78 is 5.03. The molecule has 0 unspecified atom stereocenters. The third-order valence-electron chi connectivity index (χ3n) is 1.87. The monoisotopic (exact) mass is 191 g/mol. The first-order chi connectivity index (χ1) is 6.70. The Morgan fingerprint density at radius 2 is 2.29 bits per heavy atom. The van der Waals surface area contributed by atoms with Crippen molar-refractivity contribution < 1.29 is 9.53 Å². The smallest absolute Gasteiger partial charge is 0.249 e. The van der Waals surface area contributed by atoms with Gasteiger partial charge in [-0.3, -0.25) is 4.79 Å². The van der Waals surface area contributed by atoms with Gasteiger partial charge in [0, 0.05) is 16.0 Å². The molecule has 0 aliphatic rings. The minimum atomic E-state index is -0.594. The molecule has 0 fully saturated rings. The van der Waals surface area contributed by atoms with Crippen molar-refractivity contribution in [2.24, 2.45) is 5.11 Å². The lowest BCUT2D eigenvalue weighted by molar-refractivity contribution is 0.0999. The van der Waals surface area contributed by atoms with Crippen molar-refractivity contribution in [3.05, 3.63) is 39.8 Å². The summed E-state index contributed by atoms with van der Waals surface area (Å²) in [6.07, 6.45) is 0. The van der Waals surface area contributed by atoms with Gasteiger partial charge in [0.1, 0.15) is 5.75 Å². The average molecular weight is 191 g/mol. The summed E-state index contributed by atoms with van der Waals surface area (Å²) in [6, 6.07) is 5.00. The Bertz CT molecular complexity index is 409. The lowest BCUT2D eigenvalue weighted by Crippen LogP contribution is -1.99. The van der Waals surface area contributed by atoms with Gasteiger partial charge in [-0.1, -0.05) is 12.1 Å². The zero-order chi connectivity index (χ0) is 10.6. The molecule has 0 saturated carbocycles.